The van der Waals surface area contributed by atoms with E-state index in [1.165, 1.54) is 18.2 Å². The largest absolute Gasteiger partial charge is 0.323 e. The number of carbonyl (C=O) groups excluding carboxylic acids is 1. The average Bonchev–Trinajstić information content (AvgIpc) is 2.82. The molecule has 3 aromatic rings. The van der Waals surface area contributed by atoms with Gasteiger partial charge in [0.2, 0.25) is 0 Å². The fourth-order valence-corrected chi connectivity index (χ4v) is 2.13. The number of imidazole rings is 1. The second-order valence-electron chi connectivity index (χ2n) is 4.42. The van der Waals surface area contributed by atoms with Gasteiger partial charge in [0, 0.05) is 11.3 Å². The first-order valence-electron chi connectivity index (χ1n) is 6.01. The van der Waals surface area contributed by atoms with Crippen molar-refractivity contribution >= 4 is 34.2 Å². The predicted octanol–water partition coefficient (Wildman–Crippen LogP) is 2.90. The van der Waals surface area contributed by atoms with Crippen LogP contribution < -0.4 is 11.0 Å². The van der Waals surface area contributed by atoms with Crippen LogP contribution >= 0.6 is 11.6 Å². The van der Waals surface area contributed by atoms with Gasteiger partial charge in [-0.2, -0.15) is 0 Å². The summed E-state index contributed by atoms with van der Waals surface area (Å²) >= 11 is 5.65. The highest BCUT2D eigenvalue weighted by Gasteiger charge is 2.09. The second kappa shape index (κ2) is 5.06. The first kappa shape index (κ1) is 13.4. The molecule has 0 aliphatic carbocycles. The number of amides is 1. The molecule has 0 radical (unpaired) electrons. The van der Waals surface area contributed by atoms with Gasteiger partial charge in [-0.05, 0) is 36.4 Å². The van der Waals surface area contributed by atoms with E-state index in [0.29, 0.717) is 22.3 Å². The van der Waals surface area contributed by atoms with Crippen molar-refractivity contribution in [3.05, 3.63) is 63.3 Å². The number of H-pyrrole nitrogens is 2. The summed E-state index contributed by atoms with van der Waals surface area (Å²) in [4.78, 5) is 28.4. The molecular formula is C14H9ClFN3O2. The Morgan fingerprint density at radius 2 is 1.86 bits per heavy atom. The van der Waals surface area contributed by atoms with Crippen molar-refractivity contribution in [2.75, 3.05) is 5.32 Å². The summed E-state index contributed by atoms with van der Waals surface area (Å²) in [6.45, 7) is 0. The Balaban J connectivity index is 1.89. The van der Waals surface area contributed by atoms with Crippen LogP contribution in [0.5, 0.6) is 0 Å². The summed E-state index contributed by atoms with van der Waals surface area (Å²) in [5.74, 6) is -0.942. The van der Waals surface area contributed by atoms with Crippen molar-refractivity contribution in [3.63, 3.8) is 0 Å². The van der Waals surface area contributed by atoms with E-state index in [1.54, 1.807) is 18.2 Å². The summed E-state index contributed by atoms with van der Waals surface area (Å²) in [6.07, 6.45) is 0. The summed E-state index contributed by atoms with van der Waals surface area (Å²) in [5.41, 5.74) is 1.55. The lowest BCUT2D eigenvalue weighted by Crippen LogP contribution is -2.11. The van der Waals surface area contributed by atoms with E-state index in [-0.39, 0.29) is 16.6 Å². The maximum absolute atomic E-state index is 13.1. The molecule has 1 aromatic heterocycles. The molecule has 0 atom stereocenters. The fraction of sp³-hybridized carbons (Fsp3) is 0. The van der Waals surface area contributed by atoms with E-state index in [9.17, 15) is 14.0 Å². The molecule has 21 heavy (non-hydrogen) atoms. The van der Waals surface area contributed by atoms with Gasteiger partial charge in [0.15, 0.2) is 0 Å². The lowest BCUT2D eigenvalue weighted by Gasteiger charge is -2.06. The maximum Gasteiger partial charge on any atom is 0.323 e. The SMILES string of the molecule is O=C(Nc1ccc(F)c(Cl)c1)c1ccc2[nH]c(=O)[nH]c2c1. The van der Waals surface area contributed by atoms with Gasteiger partial charge < -0.3 is 15.3 Å². The van der Waals surface area contributed by atoms with Crippen molar-refractivity contribution in [1.29, 1.82) is 0 Å². The Bertz CT molecular complexity index is 901. The zero-order valence-corrected chi connectivity index (χ0v) is 11.3. The van der Waals surface area contributed by atoms with E-state index in [0.717, 1.165) is 0 Å². The van der Waals surface area contributed by atoms with Gasteiger partial charge in [-0.15, -0.1) is 0 Å². The van der Waals surface area contributed by atoms with E-state index in [2.05, 4.69) is 15.3 Å². The van der Waals surface area contributed by atoms with E-state index in [1.807, 2.05) is 0 Å². The number of halogens is 2. The number of aromatic amines is 2. The van der Waals surface area contributed by atoms with Gasteiger partial charge in [0.25, 0.3) is 5.91 Å². The number of aromatic nitrogens is 2. The van der Waals surface area contributed by atoms with Crippen LogP contribution in [0.25, 0.3) is 11.0 Å². The highest BCUT2D eigenvalue weighted by atomic mass is 35.5. The van der Waals surface area contributed by atoms with Crippen LogP contribution in [-0.4, -0.2) is 15.9 Å². The number of benzene rings is 2. The molecule has 7 heteroatoms. The normalized spacial score (nSPS) is 10.8. The first-order valence-corrected chi connectivity index (χ1v) is 6.39. The molecule has 1 heterocycles. The monoisotopic (exact) mass is 305 g/mol. The van der Waals surface area contributed by atoms with Gasteiger partial charge in [-0.1, -0.05) is 11.6 Å². The number of fused-ring (bicyclic) bond motifs is 1. The quantitative estimate of drug-likeness (QED) is 0.681. The highest BCUT2D eigenvalue weighted by molar-refractivity contribution is 6.31. The molecule has 3 rings (SSSR count). The molecule has 0 saturated carbocycles. The second-order valence-corrected chi connectivity index (χ2v) is 4.83. The van der Waals surface area contributed by atoms with E-state index < -0.39 is 5.82 Å². The molecule has 0 fully saturated rings. The molecule has 1 amide bonds. The lowest BCUT2D eigenvalue weighted by molar-refractivity contribution is 0.102. The number of hydrogen-bond acceptors (Lipinski definition) is 2. The Labute approximate surface area is 122 Å². The van der Waals surface area contributed by atoms with Gasteiger partial charge >= 0.3 is 5.69 Å². The highest BCUT2D eigenvalue weighted by Crippen LogP contribution is 2.20. The summed E-state index contributed by atoms with van der Waals surface area (Å²) in [5, 5.41) is 2.53. The number of hydrogen-bond donors (Lipinski definition) is 3. The summed E-state index contributed by atoms with van der Waals surface area (Å²) < 4.78 is 13.1. The van der Waals surface area contributed by atoms with E-state index >= 15 is 0 Å². The molecule has 0 saturated heterocycles. The molecule has 0 aliphatic heterocycles. The Morgan fingerprint density at radius 1 is 1.10 bits per heavy atom. The zero-order valence-electron chi connectivity index (χ0n) is 10.5. The van der Waals surface area contributed by atoms with Crippen molar-refractivity contribution in [2.45, 2.75) is 0 Å². The minimum Gasteiger partial charge on any atom is -0.322 e. The summed E-state index contributed by atoms with van der Waals surface area (Å²) in [6, 6.07) is 8.66. The van der Waals surface area contributed by atoms with Crippen molar-refractivity contribution in [1.82, 2.24) is 9.97 Å². The third-order valence-electron chi connectivity index (χ3n) is 2.96. The molecule has 5 nitrogen and oxygen atoms in total. The number of anilines is 1. The fourth-order valence-electron chi connectivity index (χ4n) is 1.95. The molecule has 0 unspecified atom stereocenters. The molecule has 2 aromatic carbocycles. The average molecular weight is 306 g/mol. The maximum atomic E-state index is 13.1. The minimum absolute atomic E-state index is 0.0711. The number of rotatable bonds is 2. The third-order valence-corrected chi connectivity index (χ3v) is 3.25. The smallest absolute Gasteiger partial charge is 0.322 e. The van der Waals surface area contributed by atoms with Crippen LogP contribution in [-0.2, 0) is 0 Å². The Hall–Kier alpha value is -2.60. The third kappa shape index (κ3) is 2.66. The number of nitrogens with one attached hydrogen (secondary N) is 3. The predicted molar refractivity (Wildman–Crippen MR) is 78.3 cm³/mol. The Kier molecular flexibility index (Phi) is 3.23. The topological polar surface area (TPSA) is 77.8 Å². The molecule has 0 bridgehead atoms. The standard InChI is InChI=1S/C14H9ClFN3O2/c15-9-6-8(2-3-10(9)16)17-13(20)7-1-4-11-12(5-7)19-14(21)18-11/h1-6H,(H,17,20)(H2,18,19,21). The van der Waals surface area contributed by atoms with Crippen LogP contribution in [0.2, 0.25) is 5.02 Å². The van der Waals surface area contributed by atoms with Crippen LogP contribution in [0.1, 0.15) is 10.4 Å². The Morgan fingerprint density at radius 3 is 2.62 bits per heavy atom. The summed E-state index contributed by atoms with van der Waals surface area (Å²) in [7, 11) is 0. The van der Waals surface area contributed by atoms with Crippen LogP contribution in [0.3, 0.4) is 0 Å². The molecular weight excluding hydrogens is 297 g/mol. The van der Waals surface area contributed by atoms with Crippen molar-refractivity contribution in [2.24, 2.45) is 0 Å². The molecule has 0 aliphatic rings. The molecule has 106 valence electrons. The zero-order chi connectivity index (χ0) is 15.0. The first-order chi connectivity index (χ1) is 10.0. The molecule has 0 spiro atoms. The van der Waals surface area contributed by atoms with E-state index in [4.69, 9.17) is 11.6 Å². The van der Waals surface area contributed by atoms with Crippen molar-refractivity contribution < 1.29 is 9.18 Å². The van der Waals surface area contributed by atoms with Gasteiger partial charge in [0.1, 0.15) is 5.82 Å². The minimum atomic E-state index is -0.555. The van der Waals surface area contributed by atoms with Crippen LogP contribution in [0.15, 0.2) is 41.2 Å². The molecule has 3 N–H and O–H groups in total. The number of carbonyl (C=O) groups is 1. The van der Waals surface area contributed by atoms with Crippen LogP contribution in [0.4, 0.5) is 10.1 Å². The van der Waals surface area contributed by atoms with Crippen LogP contribution in [0, 0.1) is 5.82 Å². The van der Waals surface area contributed by atoms with Crippen molar-refractivity contribution in [3.8, 4) is 0 Å². The van der Waals surface area contributed by atoms with Gasteiger partial charge in [0.05, 0.1) is 16.1 Å². The van der Waals surface area contributed by atoms with Gasteiger partial charge in [-0.25, -0.2) is 9.18 Å². The lowest BCUT2D eigenvalue weighted by atomic mass is 10.2. The van der Waals surface area contributed by atoms with Gasteiger partial charge in [-0.3, -0.25) is 4.79 Å².